The molecule has 0 amide bonds. The van der Waals surface area contributed by atoms with Gasteiger partial charge in [0.25, 0.3) is 0 Å². The summed E-state index contributed by atoms with van der Waals surface area (Å²) in [4.78, 5) is 12.9. The fourth-order valence-electron chi connectivity index (χ4n) is 3.77. The predicted molar refractivity (Wildman–Crippen MR) is 119 cm³/mol. The fraction of sp³-hybridized carbons (Fsp3) is 0.375. The largest absolute Gasteiger partial charge is 0.457 e. The molecule has 0 fully saturated rings. The van der Waals surface area contributed by atoms with Crippen LogP contribution in [-0.4, -0.2) is 28.8 Å². The minimum Gasteiger partial charge on any atom is -0.457 e. The van der Waals surface area contributed by atoms with Crippen LogP contribution in [0.3, 0.4) is 0 Å². The molecule has 4 nitrogen and oxygen atoms in total. The van der Waals surface area contributed by atoms with Gasteiger partial charge in [0.15, 0.2) is 0 Å². The molecule has 0 saturated carbocycles. The summed E-state index contributed by atoms with van der Waals surface area (Å²) in [6.07, 6.45) is 3.52. The molecule has 0 spiro atoms. The second kappa shape index (κ2) is 8.69. The van der Waals surface area contributed by atoms with Crippen LogP contribution in [0.2, 0.25) is 0 Å². The molecule has 0 unspecified atom stereocenters. The van der Waals surface area contributed by atoms with Crippen LogP contribution in [0.15, 0.2) is 72.3 Å². The molecule has 0 saturated heterocycles. The topological polar surface area (TPSA) is 46.6 Å². The third kappa shape index (κ3) is 4.55. The fourth-order valence-corrected chi connectivity index (χ4v) is 6.76. The monoisotopic (exact) mass is 411 g/mol. The lowest BCUT2D eigenvalue weighted by atomic mass is 10.0. The molecule has 1 aliphatic heterocycles. The van der Waals surface area contributed by atoms with E-state index in [4.69, 9.17) is 4.74 Å². The van der Waals surface area contributed by atoms with Crippen LogP contribution in [0.25, 0.3) is 0 Å². The van der Waals surface area contributed by atoms with E-state index in [1.54, 1.807) is 0 Å². The number of nitrogens with zero attached hydrogens (tertiary/aromatic N) is 1. The molecule has 0 aromatic heterocycles. The van der Waals surface area contributed by atoms with Crippen molar-refractivity contribution >= 4 is 23.9 Å². The highest BCUT2D eigenvalue weighted by Gasteiger charge is 2.44. The minimum absolute atomic E-state index is 0.235. The Hall–Kier alpha value is -2.16. The highest BCUT2D eigenvalue weighted by Crippen LogP contribution is 2.52. The molecular weight excluding hydrogens is 381 g/mol. The first-order chi connectivity index (χ1) is 13.8. The molecule has 0 radical (unpaired) electrons. The minimum atomic E-state index is -3.11. The highest BCUT2D eigenvalue weighted by molar-refractivity contribution is 7.76. The van der Waals surface area contributed by atoms with Crippen molar-refractivity contribution < 1.29 is 14.1 Å². The number of carbonyl (C=O) groups excluding carboxylic acids is 1. The van der Waals surface area contributed by atoms with Crippen molar-refractivity contribution in [1.82, 2.24) is 4.67 Å². The molecule has 0 N–H and O–H groups in total. The molecule has 2 aromatic carbocycles. The van der Waals surface area contributed by atoms with Crippen molar-refractivity contribution in [2.24, 2.45) is 0 Å². The zero-order valence-corrected chi connectivity index (χ0v) is 18.6. The van der Waals surface area contributed by atoms with Gasteiger partial charge >= 0.3 is 5.97 Å². The lowest BCUT2D eigenvalue weighted by molar-refractivity contribution is -0.150. The first-order valence-electron chi connectivity index (χ1n) is 10.2. The number of hydrogen-bond donors (Lipinski definition) is 0. The van der Waals surface area contributed by atoms with Gasteiger partial charge in [-0.25, -0.2) is 9.46 Å². The van der Waals surface area contributed by atoms with Gasteiger partial charge in [-0.05, 0) is 51.5 Å². The van der Waals surface area contributed by atoms with Crippen molar-refractivity contribution in [3.05, 3.63) is 72.3 Å². The first kappa shape index (κ1) is 21.5. The van der Waals surface area contributed by atoms with Gasteiger partial charge in [0, 0.05) is 23.2 Å². The number of carbonyl (C=O) groups is 1. The van der Waals surface area contributed by atoms with Crippen LogP contribution in [0.5, 0.6) is 0 Å². The Balaban J connectivity index is 2.05. The zero-order chi connectivity index (χ0) is 21.1. The van der Waals surface area contributed by atoms with E-state index in [-0.39, 0.29) is 12.0 Å². The van der Waals surface area contributed by atoms with Crippen LogP contribution in [-0.2, 0) is 14.1 Å². The van der Waals surface area contributed by atoms with E-state index < -0.39 is 12.9 Å². The van der Waals surface area contributed by atoms with Crippen molar-refractivity contribution in [3.63, 3.8) is 0 Å². The first-order valence-corrected chi connectivity index (χ1v) is 11.8. The predicted octanol–water partition coefficient (Wildman–Crippen LogP) is 4.67. The summed E-state index contributed by atoms with van der Waals surface area (Å²) < 4.78 is 22.4. The summed E-state index contributed by atoms with van der Waals surface area (Å²) in [5, 5.41) is 1.57. The Labute approximate surface area is 174 Å². The van der Waals surface area contributed by atoms with Gasteiger partial charge in [-0.15, -0.1) is 0 Å². The summed E-state index contributed by atoms with van der Waals surface area (Å²) in [5.41, 5.74) is 0.0545. The normalized spacial score (nSPS) is 17.8. The number of esters is 1. The smallest absolute Gasteiger partial charge is 0.335 e. The van der Waals surface area contributed by atoms with Crippen LogP contribution in [0.4, 0.5) is 0 Å². The Kier molecular flexibility index (Phi) is 6.45. The Morgan fingerprint density at radius 3 is 2.00 bits per heavy atom. The molecule has 2 aromatic rings. The summed E-state index contributed by atoms with van der Waals surface area (Å²) in [6, 6.07) is 19.0. The molecule has 3 rings (SSSR count). The van der Waals surface area contributed by atoms with E-state index in [2.05, 4.69) is 6.92 Å². The molecule has 1 heterocycles. The van der Waals surface area contributed by atoms with Crippen LogP contribution in [0, 0.1) is 0 Å². The van der Waals surface area contributed by atoms with Gasteiger partial charge in [-0.3, -0.25) is 4.57 Å². The van der Waals surface area contributed by atoms with E-state index >= 15 is 0 Å². The Bertz CT molecular complexity index is 873. The molecule has 29 heavy (non-hydrogen) atoms. The van der Waals surface area contributed by atoms with Gasteiger partial charge in [-0.2, -0.15) is 0 Å². The van der Waals surface area contributed by atoms with E-state index in [1.165, 1.54) is 0 Å². The van der Waals surface area contributed by atoms with E-state index in [1.807, 2.05) is 92.2 Å². The lowest BCUT2D eigenvalue weighted by Gasteiger charge is -2.35. The molecule has 5 heteroatoms. The standard InChI is InChI=1S/C24H30NO3P/c1-5-12-22-21(23(26)28-24(2,3)4)17-18-25(22)29(27,19-13-8-6-9-14-19)20-15-10-7-11-16-20/h6-11,13-17,22H,5,12,18H2,1-4H3/t22-/m1/s1. The lowest BCUT2D eigenvalue weighted by Crippen LogP contribution is -2.39. The molecule has 1 aliphatic rings. The Morgan fingerprint density at radius 1 is 1.03 bits per heavy atom. The molecule has 154 valence electrons. The maximum Gasteiger partial charge on any atom is 0.335 e. The van der Waals surface area contributed by atoms with Crippen molar-refractivity contribution in [2.75, 3.05) is 6.54 Å². The summed E-state index contributed by atoms with van der Waals surface area (Å²) >= 11 is 0. The molecule has 0 aliphatic carbocycles. The van der Waals surface area contributed by atoms with E-state index in [9.17, 15) is 9.36 Å². The zero-order valence-electron chi connectivity index (χ0n) is 17.7. The number of ether oxygens (including phenoxy) is 1. The Morgan fingerprint density at radius 2 is 1.55 bits per heavy atom. The van der Waals surface area contributed by atoms with E-state index in [0.717, 1.165) is 23.5 Å². The quantitative estimate of drug-likeness (QED) is 0.512. The molecular formula is C24H30NO3P. The second-order valence-electron chi connectivity index (χ2n) is 8.33. The van der Waals surface area contributed by atoms with Gasteiger partial charge in [0.05, 0.1) is 5.57 Å². The summed E-state index contributed by atoms with van der Waals surface area (Å²) in [7, 11) is -3.11. The van der Waals surface area contributed by atoms with Gasteiger partial charge in [-0.1, -0.05) is 55.8 Å². The summed E-state index contributed by atoms with van der Waals surface area (Å²) in [6.45, 7) is 8.14. The van der Waals surface area contributed by atoms with Crippen molar-refractivity contribution in [1.29, 1.82) is 0 Å². The van der Waals surface area contributed by atoms with Crippen LogP contribution >= 0.6 is 7.29 Å². The van der Waals surface area contributed by atoms with Crippen LogP contribution in [0.1, 0.15) is 40.5 Å². The third-order valence-electron chi connectivity index (χ3n) is 4.99. The third-order valence-corrected chi connectivity index (χ3v) is 8.15. The maximum atomic E-state index is 14.7. The SMILES string of the molecule is CCC[C@@H]1C(C(=O)OC(C)(C)C)=CCN1P(=O)(c1ccccc1)c1ccccc1. The average molecular weight is 411 g/mol. The van der Waals surface area contributed by atoms with Crippen molar-refractivity contribution in [3.8, 4) is 0 Å². The van der Waals surface area contributed by atoms with Crippen LogP contribution < -0.4 is 10.6 Å². The van der Waals surface area contributed by atoms with Gasteiger partial charge < -0.3 is 4.74 Å². The highest BCUT2D eigenvalue weighted by atomic mass is 31.2. The van der Waals surface area contributed by atoms with E-state index in [0.29, 0.717) is 12.1 Å². The average Bonchev–Trinajstić information content (AvgIpc) is 3.12. The number of hydrogen-bond acceptors (Lipinski definition) is 3. The number of rotatable bonds is 6. The van der Waals surface area contributed by atoms with Crippen molar-refractivity contribution in [2.45, 2.75) is 52.2 Å². The van der Waals surface area contributed by atoms with Gasteiger partial charge in [0.2, 0.25) is 7.29 Å². The second-order valence-corrected chi connectivity index (χ2v) is 11.0. The number of benzene rings is 2. The maximum absolute atomic E-state index is 14.7. The molecule has 1 atom stereocenters. The van der Waals surface area contributed by atoms with Gasteiger partial charge in [0.1, 0.15) is 5.60 Å². The molecule has 0 bridgehead atoms. The summed E-state index contributed by atoms with van der Waals surface area (Å²) in [5.74, 6) is -0.314.